The van der Waals surface area contributed by atoms with Crippen LogP contribution in [0.2, 0.25) is 0 Å². The quantitative estimate of drug-likeness (QED) is 0.319. The highest BCUT2D eigenvalue weighted by Crippen LogP contribution is 2.28. The number of benzene rings is 2. The molecule has 3 N–H and O–H groups in total. The standard InChI is InChI=1S/C19H18N2O4S2/c1-24-15-6-7-16-13(10-15)11-17(27-16)18(22)20-8-9-25-14-4-2-12(3-5-14)19(26)21-23/h2-7,10-11,23H,8-9H2,1H3,(H,20,22)(H,21,26). The average Bonchev–Trinajstić information content (AvgIpc) is 3.14. The first-order chi connectivity index (χ1) is 13.1. The number of nitrogens with one attached hydrogen (secondary N) is 2. The number of methoxy groups -OCH3 is 1. The smallest absolute Gasteiger partial charge is 0.261 e. The van der Waals surface area contributed by atoms with E-state index in [1.807, 2.05) is 29.7 Å². The number of hydrogen-bond acceptors (Lipinski definition) is 6. The van der Waals surface area contributed by atoms with Gasteiger partial charge >= 0.3 is 0 Å². The molecule has 8 heteroatoms. The summed E-state index contributed by atoms with van der Waals surface area (Å²) in [5.74, 6) is 1.29. The van der Waals surface area contributed by atoms with Gasteiger partial charge in [0.1, 0.15) is 23.1 Å². The van der Waals surface area contributed by atoms with Crippen molar-refractivity contribution < 1.29 is 19.5 Å². The Kier molecular flexibility index (Phi) is 6.23. The van der Waals surface area contributed by atoms with Crippen molar-refractivity contribution in [3.05, 3.63) is 59.0 Å². The second-order valence-electron chi connectivity index (χ2n) is 5.58. The molecular formula is C19H18N2O4S2. The average molecular weight is 402 g/mol. The highest BCUT2D eigenvalue weighted by Gasteiger charge is 2.10. The van der Waals surface area contributed by atoms with Crippen LogP contribution in [0.1, 0.15) is 15.2 Å². The van der Waals surface area contributed by atoms with E-state index in [2.05, 4.69) is 5.32 Å². The van der Waals surface area contributed by atoms with Crippen molar-refractivity contribution in [3.8, 4) is 11.5 Å². The van der Waals surface area contributed by atoms with Gasteiger partial charge in [-0.2, -0.15) is 0 Å². The predicted octanol–water partition coefficient (Wildman–Crippen LogP) is 3.37. The summed E-state index contributed by atoms with van der Waals surface area (Å²) in [6.07, 6.45) is 0. The summed E-state index contributed by atoms with van der Waals surface area (Å²) < 4.78 is 11.8. The Bertz CT molecular complexity index is 954. The van der Waals surface area contributed by atoms with Crippen LogP contribution in [0.5, 0.6) is 11.5 Å². The normalized spacial score (nSPS) is 10.4. The lowest BCUT2D eigenvalue weighted by molar-refractivity contribution is 0.0951. The van der Waals surface area contributed by atoms with Crippen LogP contribution in [0.4, 0.5) is 0 Å². The maximum absolute atomic E-state index is 12.3. The molecule has 0 fully saturated rings. The van der Waals surface area contributed by atoms with Gasteiger partial charge in [0.25, 0.3) is 5.91 Å². The molecule has 2 aromatic carbocycles. The number of ether oxygens (including phenoxy) is 2. The summed E-state index contributed by atoms with van der Waals surface area (Å²) >= 11 is 6.37. The molecule has 0 radical (unpaired) electrons. The Morgan fingerprint density at radius 3 is 2.59 bits per heavy atom. The van der Waals surface area contributed by atoms with Gasteiger partial charge in [-0.1, -0.05) is 12.2 Å². The Labute approximate surface area is 165 Å². The van der Waals surface area contributed by atoms with Gasteiger partial charge in [-0.05, 0) is 53.9 Å². The maximum Gasteiger partial charge on any atom is 0.261 e. The summed E-state index contributed by atoms with van der Waals surface area (Å²) in [6.45, 7) is 0.723. The zero-order valence-electron chi connectivity index (χ0n) is 14.5. The second kappa shape index (κ2) is 8.81. The molecule has 1 amide bonds. The molecule has 0 spiro atoms. The Morgan fingerprint density at radius 2 is 1.89 bits per heavy atom. The number of carbonyl (C=O) groups excluding carboxylic acids is 1. The lowest BCUT2D eigenvalue weighted by Gasteiger charge is -2.08. The monoisotopic (exact) mass is 402 g/mol. The van der Waals surface area contributed by atoms with Gasteiger partial charge in [0, 0.05) is 10.3 Å². The second-order valence-corrected chi connectivity index (χ2v) is 7.08. The van der Waals surface area contributed by atoms with Gasteiger partial charge in [-0.15, -0.1) is 11.3 Å². The van der Waals surface area contributed by atoms with Crippen LogP contribution >= 0.6 is 23.6 Å². The molecule has 3 aromatic rings. The molecule has 0 aliphatic carbocycles. The van der Waals surface area contributed by atoms with E-state index >= 15 is 0 Å². The molecular weight excluding hydrogens is 384 g/mol. The number of hydrogen-bond donors (Lipinski definition) is 3. The summed E-state index contributed by atoms with van der Waals surface area (Å²) in [7, 11) is 1.62. The number of thiocarbonyl (C=S) groups is 1. The molecule has 0 atom stereocenters. The van der Waals surface area contributed by atoms with Crippen molar-refractivity contribution in [1.82, 2.24) is 10.8 Å². The van der Waals surface area contributed by atoms with Crippen LogP contribution < -0.4 is 20.3 Å². The first-order valence-corrected chi connectivity index (χ1v) is 9.36. The van der Waals surface area contributed by atoms with Gasteiger partial charge in [0.05, 0.1) is 18.5 Å². The minimum atomic E-state index is -0.131. The molecule has 0 bridgehead atoms. The highest BCUT2D eigenvalue weighted by molar-refractivity contribution is 7.80. The van der Waals surface area contributed by atoms with Crippen LogP contribution in [0.25, 0.3) is 10.1 Å². The van der Waals surface area contributed by atoms with E-state index in [0.717, 1.165) is 15.8 Å². The third-order valence-corrected chi connectivity index (χ3v) is 5.26. The Balaban J connectivity index is 1.50. The van der Waals surface area contributed by atoms with Crippen molar-refractivity contribution in [2.24, 2.45) is 0 Å². The maximum atomic E-state index is 12.3. The van der Waals surface area contributed by atoms with Crippen molar-refractivity contribution in [1.29, 1.82) is 0 Å². The highest BCUT2D eigenvalue weighted by atomic mass is 32.1. The molecule has 0 unspecified atom stereocenters. The summed E-state index contributed by atoms with van der Waals surface area (Å²) in [6, 6.07) is 14.6. The third-order valence-electron chi connectivity index (χ3n) is 3.82. The number of fused-ring (bicyclic) bond motifs is 1. The number of rotatable bonds is 7. The SMILES string of the molecule is COc1ccc2sc(C(=O)NCCOc3ccc(C(=S)NO)cc3)cc2c1. The topological polar surface area (TPSA) is 79.8 Å². The Morgan fingerprint density at radius 1 is 1.15 bits per heavy atom. The van der Waals surface area contributed by atoms with Gasteiger partial charge in [0.2, 0.25) is 0 Å². The lowest BCUT2D eigenvalue weighted by Crippen LogP contribution is -2.27. The van der Waals surface area contributed by atoms with Gasteiger partial charge in [-0.25, -0.2) is 0 Å². The fourth-order valence-corrected chi connectivity index (χ4v) is 3.54. The van der Waals surface area contributed by atoms with E-state index in [-0.39, 0.29) is 10.9 Å². The summed E-state index contributed by atoms with van der Waals surface area (Å²) in [5.41, 5.74) is 2.62. The van der Waals surface area contributed by atoms with Gasteiger partial charge in [-0.3, -0.25) is 15.5 Å². The molecule has 0 aliphatic heterocycles. The minimum Gasteiger partial charge on any atom is -0.497 e. The van der Waals surface area contributed by atoms with Gasteiger partial charge < -0.3 is 14.8 Å². The molecule has 140 valence electrons. The van der Waals surface area contributed by atoms with Crippen molar-refractivity contribution in [2.75, 3.05) is 20.3 Å². The van der Waals surface area contributed by atoms with E-state index in [9.17, 15) is 4.79 Å². The number of hydroxylamine groups is 1. The largest absolute Gasteiger partial charge is 0.497 e. The van der Waals surface area contributed by atoms with E-state index in [0.29, 0.717) is 29.3 Å². The van der Waals surface area contributed by atoms with Crippen molar-refractivity contribution in [3.63, 3.8) is 0 Å². The molecule has 0 aliphatic rings. The van der Waals surface area contributed by atoms with Crippen LogP contribution in [0.3, 0.4) is 0 Å². The number of carbonyl (C=O) groups is 1. The lowest BCUT2D eigenvalue weighted by atomic mass is 10.2. The molecule has 3 rings (SSSR count). The molecule has 6 nitrogen and oxygen atoms in total. The van der Waals surface area contributed by atoms with E-state index in [1.165, 1.54) is 11.3 Å². The van der Waals surface area contributed by atoms with Crippen molar-refractivity contribution in [2.45, 2.75) is 0 Å². The fraction of sp³-hybridized carbons (Fsp3) is 0.158. The first-order valence-electron chi connectivity index (χ1n) is 8.14. The summed E-state index contributed by atoms with van der Waals surface area (Å²) in [5, 5.41) is 12.6. The van der Waals surface area contributed by atoms with Crippen LogP contribution in [-0.4, -0.2) is 36.4 Å². The number of thiophene rings is 1. The van der Waals surface area contributed by atoms with Crippen LogP contribution in [-0.2, 0) is 0 Å². The summed E-state index contributed by atoms with van der Waals surface area (Å²) in [4.78, 5) is 13.2. The third kappa shape index (κ3) is 4.73. The fourth-order valence-electron chi connectivity index (χ4n) is 2.45. The van der Waals surface area contributed by atoms with E-state index in [4.69, 9.17) is 26.9 Å². The van der Waals surface area contributed by atoms with Crippen molar-refractivity contribution >= 4 is 44.5 Å². The van der Waals surface area contributed by atoms with E-state index in [1.54, 1.807) is 31.4 Å². The molecule has 0 saturated carbocycles. The molecule has 0 saturated heterocycles. The predicted molar refractivity (Wildman–Crippen MR) is 109 cm³/mol. The first kappa shape index (κ1) is 19.1. The van der Waals surface area contributed by atoms with Crippen LogP contribution in [0.15, 0.2) is 48.5 Å². The minimum absolute atomic E-state index is 0.131. The van der Waals surface area contributed by atoms with Crippen LogP contribution in [0, 0.1) is 0 Å². The molecule has 1 heterocycles. The Hall–Kier alpha value is -2.68. The van der Waals surface area contributed by atoms with Gasteiger partial charge in [0.15, 0.2) is 0 Å². The molecule has 1 aromatic heterocycles. The van der Waals surface area contributed by atoms with E-state index < -0.39 is 0 Å². The zero-order chi connectivity index (χ0) is 19.2. The zero-order valence-corrected chi connectivity index (χ0v) is 16.2. The number of amides is 1. The molecule has 27 heavy (non-hydrogen) atoms.